The SMILES string of the molecule is CC(F)C(Cl)Cl. The fourth-order valence-electron chi connectivity index (χ4n) is 0. The summed E-state index contributed by atoms with van der Waals surface area (Å²) in [5.41, 5.74) is 0. The van der Waals surface area contributed by atoms with Gasteiger partial charge in [-0.25, -0.2) is 4.39 Å². The van der Waals surface area contributed by atoms with Crippen LogP contribution in [-0.2, 0) is 0 Å². The van der Waals surface area contributed by atoms with Crippen molar-refractivity contribution in [3.05, 3.63) is 0 Å². The summed E-state index contributed by atoms with van der Waals surface area (Å²) in [7, 11) is 0. The summed E-state index contributed by atoms with van der Waals surface area (Å²) in [5.74, 6) is 0. The van der Waals surface area contributed by atoms with E-state index in [0.717, 1.165) is 0 Å². The topological polar surface area (TPSA) is 0 Å². The van der Waals surface area contributed by atoms with E-state index < -0.39 is 11.0 Å². The molecule has 0 bridgehead atoms. The summed E-state index contributed by atoms with van der Waals surface area (Å²) in [6, 6.07) is 0. The second kappa shape index (κ2) is 2.64. The van der Waals surface area contributed by atoms with E-state index in [2.05, 4.69) is 0 Å². The summed E-state index contributed by atoms with van der Waals surface area (Å²) in [5, 5.41) is 0. The molecule has 3 heteroatoms. The molecule has 0 N–H and O–H groups in total. The van der Waals surface area contributed by atoms with Crippen molar-refractivity contribution in [2.75, 3.05) is 0 Å². The summed E-state index contributed by atoms with van der Waals surface area (Å²) >= 11 is 10.0. The van der Waals surface area contributed by atoms with Crippen LogP contribution in [-0.4, -0.2) is 11.0 Å². The summed E-state index contributed by atoms with van der Waals surface area (Å²) in [4.78, 5) is -0.870. The average Bonchev–Trinajstić information content (AvgIpc) is 1.36. The van der Waals surface area contributed by atoms with Crippen LogP contribution in [0.2, 0.25) is 0 Å². The van der Waals surface area contributed by atoms with Gasteiger partial charge in [-0.15, -0.1) is 23.2 Å². The smallest absolute Gasteiger partial charge is 0.138 e. The normalized spacial score (nSPS) is 15.5. The molecular weight excluding hydrogens is 126 g/mol. The van der Waals surface area contributed by atoms with Gasteiger partial charge in [-0.05, 0) is 6.92 Å². The molecule has 0 aliphatic heterocycles. The van der Waals surface area contributed by atoms with Crippen molar-refractivity contribution in [3.8, 4) is 0 Å². The average molecular weight is 131 g/mol. The van der Waals surface area contributed by atoms with E-state index in [1.165, 1.54) is 6.92 Å². The largest absolute Gasteiger partial charge is 0.245 e. The van der Waals surface area contributed by atoms with E-state index >= 15 is 0 Å². The molecular formula is C3H5Cl2F. The minimum Gasteiger partial charge on any atom is -0.245 e. The third-order valence-corrected chi connectivity index (χ3v) is 1.04. The maximum absolute atomic E-state index is 11.6. The Morgan fingerprint density at radius 3 is 1.67 bits per heavy atom. The monoisotopic (exact) mass is 130 g/mol. The Morgan fingerprint density at radius 1 is 1.50 bits per heavy atom. The van der Waals surface area contributed by atoms with E-state index in [0.29, 0.717) is 0 Å². The molecule has 0 amide bonds. The third kappa shape index (κ3) is 2.73. The van der Waals surface area contributed by atoms with Crippen LogP contribution in [0.25, 0.3) is 0 Å². The molecule has 0 aliphatic rings. The lowest BCUT2D eigenvalue weighted by Gasteiger charge is -1.96. The fraction of sp³-hybridized carbons (Fsp3) is 1.00. The molecule has 38 valence electrons. The Balaban J connectivity index is 2.99. The van der Waals surface area contributed by atoms with Gasteiger partial charge in [-0.2, -0.15) is 0 Å². The zero-order valence-corrected chi connectivity index (χ0v) is 4.80. The van der Waals surface area contributed by atoms with Crippen molar-refractivity contribution in [1.29, 1.82) is 0 Å². The second-order valence-electron chi connectivity index (χ2n) is 1.01. The van der Waals surface area contributed by atoms with Crippen LogP contribution in [0.4, 0.5) is 4.39 Å². The highest BCUT2D eigenvalue weighted by molar-refractivity contribution is 6.44. The molecule has 0 radical (unpaired) electrons. The quantitative estimate of drug-likeness (QED) is 0.478. The van der Waals surface area contributed by atoms with Crippen molar-refractivity contribution in [2.45, 2.75) is 17.9 Å². The van der Waals surface area contributed by atoms with Gasteiger partial charge in [0.2, 0.25) is 0 Å². The first-order valence-electron chi connectivity index (χ1n) is 1.57. The molecule has 0 spiro atoms. The van der Waals surface area contributed by atoms with Gasteiger partial charge in [-0.1, -0.05) is 0 Å². The highest BCUT2D eigenvalue weighted by atomic mass is 35.5. The Kier molecular flexibility index (Phi) is 2.87. The predicted molar refractivity (Wildman–Crippen MR) is 26.1 cm³/mol. The predicted octanol–water partition coefficient (Wildman–Crippen LogP) is 2.15. The maximum atomic E-state index is 11.6. The third-order valence-electron chi connectivity index (χ3n) is 0.347. The minimum atomic E-state index is -1.12. The molecule has 1 unspecified atom stereocenters. The van der Waals surface area contributed by atoms with Gasteiger partial charge in [0.15, 0.2) is 0 Å². The van der Waals surface area contributed by atoms with Crippen LogP contribution < -0.4 is 0 Å². The highest BCUT2D eigenvalue weighted by Crippen LogP contribution is 2.09. The number of hydrogen-bond donors (Lipinski definition) is 0. The lowest BCUT2D eigenvalue weighted by atomic mass is 10.5. The van der Waals surface area contributed by atoms with Gasteiger partial charge in [0.1, 0.15) is 11.0 Å². The summed E-state index contributed by atoms with van der Waals surface area (Å²) < 4.78 is 11.6. The molecule has 0 nitrogen and oxygen atoms in total. The van der Waals surface area contributed by atoms with E-state index in [1.54, 1.807) is 0 Å². The number of hydrogen-bond acceptors (Lipinski definition) is 0. The maximum Gasteiger partial charge on any atom is 0.138 e. The van der Waals surface area contributed by atoms with Gasteiger partial charge >= 0.3 is 0 Å². The van der Waals surface area contributed by atoms with Crippen LogP contribution in [0.1, 0.15) is 6.92 Å². The Bertz CT molecular complexity index is 29.8. The molecule has 0 rings (SSSR count). The number of alkyl halides is 3. The van der Waals surface area contributed by atoms with Crippen molar-refractivity contribution in [3.63, 3.8) is 0 Å². The van der Waals surface area contributed by atoms with E-state index in [9.17, 15) is 4.39 Å². The number of rotatable bonds is 1. The fourth-order valence-corrected chi connectivity index (χ4v) is 0. The Labute approximate surface area is 46.2 Å². The van der Waals surface area contributed by atoms with Crippen LogP contribution in [0.3, 0.4) is 0 Å². The van der Waals surface area contributed by atoms with Crippen molar-refractivity contribution in [1.82, 2.24) is 0 Å². The Hall–Kier alpha value is 0.510. The van der Waals surface area contributed by atoms with Crippen molar-refractivity contribution < 1.29 is 4.39 Å². The van der Waals surface area contributed by atoms with Gasteiger partial charge in [-0.3, -0.25) is 0 Å². The van der Waals surface area contributed by atoms with Gasteiger partial charge in [0, 0.05) is 0 Å². The molecule has 6 heavy (non-hydrogen) atoms. The van der Waals surface area contributed by atoms with Crippen molar-refractivity contribution >= 4 is 23.2 Å². The molecule has 0 aromatic carbocycles. The van der Waals surface area contributed by atoms with E-state index in [-0.39, 0.29) is 0 Å². The van der Waals surface area contributed by atoms with Gasteiger partial charge < -0.3 is 0 Å². The lowest BCUT2D eigenvalue weighted by Crippen LogP contribution is -2.01. The lowest BCUT2D eigenvalue weighted by molar-refractivity contribution is 0.382. The van der Waals surface area contributed by atoms with Crippen LogP contribution in [0, 0.1) is 0 Å². The first-order valence-corrected chi connectivity index (χ1v) is 2.44. The first-order chi connectivity index (χ1) is 2.64. The minimum absolute atomic E-state index is 0.870. The standard InChI is InChI=1S/C3H5Cl2F/c1-2(6)3(4)5/h2-3H,1H3. The molecule has 1 atom stereocenters. The Morgan fingerprint density at radius 2 is 1.67 bits per heavy atom. The summed E-state index contributed by atoms with van der Waals surface area (Å²) in [6.07, 6.45) is -1.12. The van der Waals surface area contributed by atoms with Crippen LogP contribution in [0.15, 0.2) is 0 Å². The van der Waals surface area contributed by atoms with Crippen molar-refractivity contribution in [2.24, 2.45) is 0 Å². The second-order valence-corrected chi connectivity index (χ2v) is 2.18. The van der Waals surface area contributed by atoms with Gasteiger partial charge in [0.25, 0.3) is 0 Å². The van der Waals surface area contributed by atoms with E-state index in [4.69, 9.17) is 23.2 Å². The van der Waals surface area contributed by atoms with Crippen LogP contribution in [0.5, 0.6) is 0 Å². The molecule has 0 heterocycles. The zero-order chi connectivity index (χ0) is 5.15. The molecule has 0 saturated carbocycles. The molecule has 0 fully saturated rings. The highest BCUT2D eigenvalue weighted by Gasteiger charge is 2.06. The molecule has 0 saturated heterocycles. The molecule has 0 aliphatic carbocycles. The van der Waals surface area contributed by atoms with E-state index in [1.807, 2.05) is 0 Å². The van der Waals surface area contributed by atoms with Gasteiger partial charge in [0.05, 0.1) is 0 Å². The van der Waals surface area contributed by atoms with Crippen LogP contribution >= 0.6 is 23.2 Å². The number of halogens is 3. The summed E-state index contributed by atoms with van der Waals surface area (Å²) in [6.45, 7) is 1.31. The zero-order valence-electron chi connectivity index (χ0n) is 3.29. The molecule has 0 aromatic heterocycles. The first kappa shape index (κ1) is 6.51. The molecule has 0 aromatic rings.